The molecule has 0 aromatic carbocycles. The summed E-state index contributed by atoms with van der Waals surface area (Å²) in [7, 11) is 4.13. The quantitative estimate of drug-likeness (QED) is 0.287. The predicted molar refractivity (Wildman–Crippen MR) is 123 cm³/mol. The van der Waals surface area contributed by atoms with Crippen molar-refractivity contribution in [3.8, 4) is 0 Å². The van der Waals surface area contributed by atoms with Crippen molar-refractivity contribution in [1.82, 2.24) is 0 Å². The molecule has 0 aromatic rings. The van der Waals surface area contributed by atoms with Crippen LogP contribution in [0.1, 0.15) is 78.1 Å². The normalized spacial score (nSPS) is 19.6. The summed E-state index contributed by atoms with van der Waals surface area (Å²) in [5.74, 6) is 0. The molecule has 33 heavy (non-hydrogen) atoms. The molecule has 0 spiro atoms. The van der Waals surface area contributed by atoms with Crippen LogP contribution in [0.3, 0.4) is 0 Å². The third-order valence-electron chi connectivity index (χ3n) is 6.22. The molecule has 2 aliphatic rings. The summed E-state index contributed by atoms with van der Waals surface area (Å²) in [6, 6.07) is 0. The molecule has 13 heteroatoms. The second-order valence-electron chi connectivity index (χ2n) is 8.61. The molecule has 2 rings (SSSR count). The Morgan fingerprint density at radius 3 is 0.879 bits per heavy atom. The first-order chi connectivity index (χ1) is 14.2. The van der Waals surface area contributed by atoms with Crippen molar-refractivity contribution in [2.75, 3.05) is 42.7 Å². The van der Waals surface area contributed by atoms with Gasteiger partial charge in [0.15, 0.2) is 0 Å². The van der Waals surface area contributed by atoms with Crippen LogP contribution in [0.15, 0.2) is 0 Å². The maximum Gasteiger partial charge on any atom is 4.00 e. The molecule has 0 unspecified atom stereocenters. The second kappa shape index (κ2) is 18.8. The van der Waals surface area contributed by atoms with Crippen LogP contribution < -0.4 is 24.8 Å². The number of rotatable bonds is 10. The molecule has 0 heterocycles. The first-order valence-corrected chi connectivity index (χ1v) is 14.3. The number of halogens is 2. The fourth-order valence-electron chi connectivity index (χ4n) is 4.29. The van der Waals surface area contributed by atoms with E-state index in [0.717, 1.165) is 25.7 Å². The maximum absolute atomic E-state index is 5.33. The van der Waals surface area contributed by atoms with Crippen molar-refractivity contribution in [3.05, 3.63) is 9.96 Å². The van der Waals surface area contributed by atoms with Crippen molar-refractivity contribution in [2.24, 2.45) is 0 Å². The molecule has 0 atom stereocenters. The van der Waals surface area contributed by atoms with Crippen molar-refractivity contribution < 1.29 is 77.6 Å². The summed E-state index contributed by atoms with van der Waals surface area (Å²) in [6.07, 6.45) is 12.0. The van der Waals surface area contributed by atoms with E-state index in [0.29, 0.717) is 0 Å². The standard InChI is InChI=1S/2C10H22NO3Si.2ClH.Zr/c2*1-10(8-6-5-7-9-10)11-15(12-2,13-3)14-4;;;/h2*5-9H2,1-4H3;2*1H;/q2*-1;;;+4/p-2. The molecule has 0 bridgehead atoms. The van der Waals surface area contributed by atoms with Gasteiger partial charge in [0.1, 0.15) is 0 Å². The van der Waals surface area contributed by atoms with Crippen molar-refractivity contribution >= 4 is 17.9 Å². The minimum absolute atomic E-state index is 0. The molecule has 196 valence electrons. The smallest absolute Gasteiger partial charge is 1.00 e. The zero-order valence-electron chi connectivity index (χ0n) is 21.7. The van der Waals surface area contributed by atoms with E-state index in [1.165, 1.54) is 38.5 Å². The van der Waals surface area contributed by atoms with Gasteiger partial charge in [-0.2, -0.15) is 0 Å². The average Bonchev–Trinajstić information content (AvgIpc) is 2.77. The minimum atomic E-state index is -2.75. The van der Waals surface area contributed by atoms with Gasteiger partial charge in [-0.15, -0.1) is 11.1 Å². The van der Waals surface area contributed by atoms with Gasteiger partial charge < -0.3 is 61.3 Å². The van der Waals surface area contributed by atoms with E-state index in [-0.39, 0.29) is 62.1 Å². The summed E-state index contributed by atoms with van der Waals surface area (Å²) >= 11 is 0. The maximum atomic E-state index is 5.33. The van der Waals surface area contributed by atoms with Gasteiger partial charge in [0.25, 0.3) is 0 Å². The van der Waals surface area contributed by atoms with Crippen LogP contribution in [-0.2, 0) is 52.8 Å². The Kier molecular flexibility index (Phi) is 22.2. The Bertz CT molecular complexity index is 425. The Morgan fingerprint density at radius 2 is 0.697 bits per heavy atom. The van der Waals surface area contributed by atoms with Crippen LogP contribution >= 0.6 is 0 Å². The van der Waals surface area contributed by atoms with Crippen LogP contribution in [0.2, 0.25) is 0 Å². The third kappa shape index (κ3) is 12.6. The molecule has 0 aliphatic heterocycles. The molecule has 0 radical (unpaired) electrons. The van der Waals surface area contributed by atoms with Crippen molar-refractivity contribution in [2.45, 2.75) is 89.1 Å². The summed E-state index contributed by atoms with van der Waals surface area (Å²) in [6.45, 7) is 4.34. The molecule has 0 aromatic heterocycles. The van der Waals surface area contributed by atoms with E-state index in [9.17, 15) is 0 Å². The molecule has 0 N–H and O–H groups in total. The van der Waals surface area contributed by atoms with Gasteiger partial charge in [0.05, 0.1) is 0 Å². The van der Waals surface area contributed by atoms with Crippen LogP contribution in [0.5, 0.6) is 0 Å². The van der Waals surface area contributed by atoms with Crippen LogP contribution in [0.25, 0.3) is 9.96 Å². The van der Waals surface area contributed by atoms with Gasteiger partial charge in [0.2, 0.25) is 0 Å². The van der Waals surface area contributed by atoms with Crippen LogP contribution in [-0.4, -0.2) is 71.7 Å². The first-order valence-electron chi connectivity index (χ1n) is 11.0. The van der Waals surface area contributed by atoms with Gasteiger partial charge in [-0.25, -0.2) is 0 Å². The fraction of sp³-hybridized carbons (Fsp3) is 1.00. The van der Waals surface area contributed by atoms with E-state index in [4.69, 9.17) is 36.5 Å². The topological polar surface area (TPSA) is 83.6 Å². The minimum Gasteiger partial charge on any atom is -1.00 e. The number of hydrogen-bond acceptors (Lipinski definition) is 6. The summed E-state index contributed by atoms with van der Waals surface area (Å²) < 4.78 is 32.0. The Balaban J connectivity index is -0.000000500. The van der Waals surface area contributed by atoms with E-state index >= 15 is 0 Å². The van der Waals surface area contributed by atoms with E-state index < -0.39 is 17.9 Å². The predicted octanol–water partition coefficient (Wildman–Crippen LogP) is -1.08. The Hall–Kier alpha value is 1.58. The van der Waals surface area contributed by atoms with E-state index in [1.54, 1.807) is 42.7 Å². The molecule has 8 nitrogen and oxygen atoms in total. The van der Waals surface area contributed by atoms with Gasteiger partial charge in [-0.1, -0.05) is 78.1 Å². The molecule has 2 aliphatic carbocycles. The first kappa shape index (κ1) is 39.1. The zero-order valence-corrected chi connectivity index (χ0v) is 27.6. The molecule has 0 saturated heterocycles. The van der Waals surface area contributed by atoms with Crippen LogP contribution in [0, 0.1) is 0 Å². The second-order valence-corrected chi connectivity index (χ2v) is 13.6. The Labute approximate surface area is 236 Å². The SMILES string of the molecule is CO[Si]([N-]C1(C)CCCCC1)(OC)OC.CO[Si]([N-]C1(C)CCCCC1)(OC)OC.[Cl-].[Cl-].[Zr+4]. The third-order valence-corrected chi connectivity index (χ3v) is 10.9. The molecule has 2 saturated carbocycles. The Morgan fingerprint density at radius 1 is 0.485 bits per heavy atom. The number of hydrogen-bond donors (Lipinski definition) is 0. The van der Waals surface area contributed by atoms with E-state index in [2.05, 4.69) is 13.8 Å². The molecule has 0 amide bonds. The van der Waals surface area contributed by atoms with Gasteiger partial charge >= 0.3 is 44.1 Å². The van der Waals surface area contributed by atoms with E-state index in [1.807, 2.05) is 0 Å². The molecular weight excluding hydrogens is 583 g/mol. The van der Waals surface area contributed by atoms with Crippen molar-refractivity contribution in [1.29, 1.82) is 0 Å². The summed E-state index contributed by atoms with van der Waals surface area (Å²) in [4.78, 5) is 9.45. The zero-order chi connectivity index (χ0) is 22.7. The molecule has 2 fully saturated rings. The average molecular weight is 627 g/mol. The van der Waals surface area contributed by atoms with Crippen LogP contribution in [0.4, 0.5) is 0 Å². The van der Waals surface area contributed by atoms with Crippen molar-refractivity contribution in [3.63, 3.8) is 0 Å². The van der Waals surface area contributed by atoms with Gasteiger partial charge in [0, 0.05) is 42.7 Å². The largest absolute Gasteiger partial charge is 4.00 e. The van der Waals surface area contributed by atoms with Gasteiger partial charge in [-0.05, 0) is 0 Å². The molecular formula is C20H44Cl2N2O6Si2Zr. The summed E-state index contributed by atoms with van der Waals surface area (Å²) in [5.41, 5.74) is -0.0427. The van der Waals surface area contributed by atoms with Gasteiger partial charge in [-0.3, -0.25) is 0 Å². The summed E-state index contributed by atoms with van der Waals surface area (Å²) in [5, 5.41) is 0. The fourth-order valence-corrected chi connectivity index (χ4v) is 7.60. The number of nitrogens with zero attached hydrogens (tertiary/aromatic N) is 2. The monoisotopic (exact) mass is 624 g/mol.